The molecule has 3 aromatic carbocycles. The van der Waals surface area contributed by atoms with Gasteiger partial charge in [-0.2, -0.15) is 0 Å². The number of nitrogens with zero attached hydrogens (tertiary/aromatic N) is 1. The number of halogens is 1. The SMILES string of the molecule is CC(C)CNC(=O)C(C)N(Cc1cccc(Cl)c1)C(=O)CCc1cccc2ccccc12. The van der Waals surface area contributed by atoms with Gasteiger partial charge in [0.1, 0.15) is 6.04 Å². The topological polar surface area (TPSA) is 49.4 Å². The van der Waals surface area contributed by atoms with Gasteiger partial charge in [0, 0.05) is 24.5 Å². The van der Waals surface area contributed by atoms with E-state index in [1.165, 1.54) is 0 Å². The molecule has 4 nitrogen and oxygen atoms in total. The van der Waals surface area contributed by atoms with Crippen LogP contribution in [0.5, 0.6) is 0 Å². The summed E-state index contributed by atoms with van der Waals surface area (Å²) in [4.78, 5) is 27.8. The Labute approximate surface area is 195 Å². The van der Waals surface area contributed by atoms with Gasteiger partial charge in [0.15, 0.2) is 0 Å². The summed E-state index contributed by atoms with van der Waals surface area (Å²) in [6, 6.07) is 21.2. The number of carbonyl (C=O) groups is 2. The van der Waals surface area contributed by atoms with E-state index in [9.17, 15) is 9.59 Å². The lowest BCUT2D eigenvalue weighted by Crippen LogP contribution is -2.48. The van der Waals surface area contributed by atoms with Crippen molar-refractivity contribution in [3.8, 4) is 0 Å². The second-order valence-electron chi connectivity index (χ2n) is 8.60. The first-order valence-electron chi connectivity index (χ1n) is 11.1. The average molecular weight is 451 g/mol. The van der Waals surface area contributed by atoms with Crippen molar-refractivity contribution in [1.82, 2.24) is 10.2 Å². The highest BCUT2D eigenvalue weighted by Gasteiger charge is 2.26. The molecule has 168 valence electrons. The van der Waals surface area contributed by atoms with Gasteiger partial charge in [-0.15, -0.1) is 0 Å². The van der Waals surface area contributed by atoms with Crippen LogP contribution in [0.1, 0.15) is 38.3 Å². The minimum Gasteiger partial charge on any atom is -0.354 e. The van der Waals surface area contributed by atoms with E-state index in [2.05, 4.69) is 29.6 Å². The number of amides is 2. The molecule has 0 fully saturated rings. The van der Waals surface area contributed by atoms with Crippen LogP contribution in [0.3, 0.4) is 0 Å². The Morgan fingerprint density at radius 3 is 2.44 bits per heavy atom. The van der Waals surface area contributed by atoms with Gasteiger partial charge in [-0.05, 0) is 53.3 Å². The molecular weight excluding hydrogens is 420 g/mol. The molecule has 0 aliphatic carbocycles. The van der Waals surface area contributed by atoms with Crippen molar-refractivity contribution < 1.29 is 9.59 Å². The van der Waals surface area contributed by atoms with Crippen LogP contribution in [-0.2, 0) is 22.6 Å². The Bertz CT molecular complexity index is 1070. The number of hydrogen-bond donors (Lipinski definition) is 1. The van der Waals surface area contributed by atoms with E-state index in [4.69, 9.17) is 11.6 Å². The first-order valence-corrected chi connectivity index (χ1v) is 11.5. The fourth-order valence-corrected chi connectivity index (χ4v) is 3.98. The van der Waals surface area contributed by atoms with Gasteiger partial charge >= 0.3 is 0 Å². The fraction of sp³-hybridized carbons (Fsp3) is 0.333. The molecule has 1 unspecified atom stereocenters. The molecule has 0 bridgehead atoms. The maximum atomic E-state index is 13.3. The molecular formula is C27H31ClN2O2. The van der Waals surface area contributed by atoms with Crippen molar-refractivity contribution in [3.63, 3.8) is 0 Å². The van der Waals surface area contributed by atoms with E-state index in [1.807, 2.05) is 50.2 Å². The molecule has 3 rings (SSSR count). The number of fused-ring (bicyclic) bond motifs is 1. The van der Waals surface area contributed by atoms with E-state index in [0.717, 1.165) is 21.9 Å². The molecule has 0 saturated heterocycles. The van der Waals surface area contributed by atoms with Gasteiger partial charge in [0.05, 0.1) is 0 Å². The average Bonchev–Trinajstić information content (AvgIpc) is 2.79. The van der Waals surface area contributed by atoms with Crippen LogP contribution in [0, 0.1) is 5.92 Å². The second-order valence-corrected chi connectivity index (χ2v) is 9.04. The molecule has 0 aliphatic heterocycles. The maximum Gasteiger partial charge on any atom is 0.242 e. The summed E-state index contributed by atoms with van der Waals surface area (Å²) in [6.07, 6.45) is 0.947. The first-order chi connectivity index (χ1) is 15.3. The first kappa shape index (κ1) is 23.8. The van der Waals surface area contributed by atoms with Crippen molar-refractivity contribution >= 4 is 34.2 Å². The molecule has 5 heteroatoms. The zero-order valence-corrected chi connectivity index (χ0v) is 19.7. The molecule has 0 aliphatic rings. The van der Waals surface area contributed by atoms with E-state index < -0.39 is 6.04 Å². The Hall–Kier alpha value is -2.85. The normalized spacial score (nSPS) is 12.0. The van der Waals surface area contributed by atoms with Crippen LogP contribution in [-0.4, -0.2) is 29.3 Å². The molecule has 2 amide bonds. The monoisotopic (exact) mass is 450 g/mol. The molecule has 0 saturated carbocycles. The smallest absolute Gasteiger partial charge is 0.242 e. The number of aryl methyl sites for hydroxylation is 1. The van der Waals surface area contributed by atoms with Gasteiger partial charge in [-0.1, -0.05) is 80.0 Å². The Morgan fingerprint density at radius 2 is 1.69 bits per heavy atom. The van der Waals surface area contributed by atoms with Crippen LogP contribution in [0.25, 0.3) is 10.8 Å². The highest BCUT2D eigenvalue weighted by atomic mass is 35.5. The van der Waals surface area contributed by atoms with Gasteiger partial charge in [0.25, 0.3) is 0 Å². The zero-order valence-electron chi connectivity index (χ0n) is 19.0. The minimum atomic E-state index is -0.576. The van der Waals surface area contributed by atoms with Crippen molar-refractivity contribution in [2.75, 3.05) is 6.54 Å². The standard InChI is InChI=1S/C27H31ClN2O2/c1-19(2)17-29-27(32)20(3)30(18-21-8-6-12-24(28)16-21)26(31)15-14-23-11-7-10-22-9-4-5-13-25(22)23/h4-13,16,19-20H,14-15,17-18H2,1-3H3,(H,29,32). The molecule has 1 N–H and O–H groups in total. The number of benzene rings is 3. The summed E-state index contributed by atoms with van der Waals surface area (Å²) in [5.74, 6) is 0.152. The summed E-state index contributed by atoms with van der Waals surface area (Å²) < 4.78 is 0. The largest absolute Gasteiger partial charge is 0.354 e. The third-order valence-electron chi connectivity index (χ3n) is 5.58. The zero-order chi connectivity index (χ0) is 23.1. The summed E-state index contributed by atoms with van der Waals surface area (Å²) in [7, 11) is 0. The molecule has 0 spiro atoms. The van der Waals surface area contributed by atoms with Crippen LogP contribution in [0.2, 0.25) is 5.02 Å². The molecule has 3 aromatic rings. The lowest BCUT2D eigenvalue weighted by Gasteiger charge is -2.29. The van der Waals surface area contributed by atoms with Gasteiger partial charge < -0.3 is 10.2 Å². The Balaban J connectivity index is 1.77. The predicted molar refractivity (Wildman–Crippen MR) is 132 cm³/mol. The number of carbonyl (C=O) groups excluding carboxylic acids is 2. The van der Waals surface area contributed by atoms with Crippen molar-refractivity contribution in [2.24, 2.45) is 5.92 Å². The molecule has 0 aromatic heterocycles. The molecule has 1 atom stereocenters. The van der Waals surface area contributed by atoms with Crippen LogP contribution in [0.15, 0.2) is 66.7 Å². The summed E-state index contributed by atoms with van der Waals surface area (Å²) >= 11 is 6.15. The number of nitrogens with one attached hydrogen (secondary N) is 1. The maximum absolute atomic E-state index is 13.3. The molecule has 32 heavy (non-hydrogen) atoms. The Morgan fingerprint density at radius 1 is 0.969 bits per heavy atom. The van der Waals surface area contributed by atoms with Gasteiger partial charge in [-0.25, -0.2) is 0 Å². The van der Waals surface area contributed by atoms with Gasteiger partial charge in [0.2, 0.25) is 11.8 Å². The quantitative estimate of drug-likeness (QED) is 0.460. The highest BCUT2D eigenvalue weighted by Crippen LogP contribution is 2.21. The Kier molecular flexibility index (Phi) is 8.29. The lowest BCUT2D eigenvalue weighted by atomic mass is 10.0. The second kappa shape index (κ2) is 11.1. The van der Waals surface area contributed by atoms with Crippen LogP contribution in [0.4, 0.5) is 0 Å². The van der Waals surface area contributed by atoms with Crippen LogP contribution >= 0.6 is 11.6 Å². The number of rotatable bonds is 9. The predicted octanol–water partition coefficient (Wildman–Crippen LogP) is 5.62. The lowest BCUT2D eigenvalue weighted by molar-refractivity contribution is -0.140. The fourth-order valence-electron chi connectivity index (χ4n) is 3.76. The summed E-state index contributed by atoms with van der Waals surface area (Å²) in [5.41, 5.74) is 2.04. The third-order valence-corrected chi connectivity index (χ3v) is 5.82. The van der Waals surface area contributed by atoms with E-state index in [0.29, 0.717) is 36.9 Å². The van der Waals surface area contributed by atoms with Crippen molar-refractivity contribution in [2.45, 2.75) is 46.2 Å². The van der Waals surface area contributed by atoms with E-state index >= 15 is 0 Å². The van der Waals surface area contributed by atoms with Crippen molar-refractivity contribution in [1.29, 1.82) is 0 Å². The van der Waals surface area contributed by atoms with Gasteiger partial charge in [-0.3, -0.25) is 9.59 Å². The minimum absolute atomic E-state index is 0.0508. The highest BCUT2D eigenvalue weighted by molar-refractivity contribution is 6.30. The van der Waals surface area contributed by atoms with Crippen molar-refractivity contribution in [3.05, 3.63) is 82.9 Å². The summed E-state index contributed by atoms with van der Waals surface area (Å²) in [6.45, 7) is 6.80. The van der Waals surface area contributed by atoms with E-state index in [1.54, 1.807) is 17.9 Å². The van der Waals surface area contributed by atoms with Crippen LogP contribution < -0.4 is 5.32 Å². The number of hydrogen-bond acceptors (Lipinski definition) is 2. The third kappa shape index (κ3) is 6.33. The van der Waals surface area contributed by atoms with E-state index in [-0.39, 0.29) is 11.8 Å². The summed E-state index contributed by atoms with van der Waals surface area (Å²) in [5, 5.41) is 5.89. The molecule has 0 heterocycles. The molecule has 0 radical (unpaired) electrons.